The fourth-order valence-electron chi connectivity index (χ4n) is 1.37. The monoisotopic (exact) mass is 338 g/mol. The van der Waals surface area contributed by atoms with Crippen LogP contribution in [0, 0.1) is 40.7 Å². The zero-order valence-electron chi connectivity index (χ0n) is 10.7. The van der Waals surface area contributed by atoms with Crippen molar-refractivity contribution in [3.8, 4) is 6.07 Å². The first kappa shape index (κ1) is 15.6. The number of benzene rings is 1. The summed E-state index contributed by atoms with van der Waals surface area (Å²) in [5.41, 5.74) is 8.66. The molecule has 0 heterocycles. The van der Waals surface area contributed by atoms with Gasteiger partial charge in [0.2, 0.25) is 5.71 Å². The highest BCUT2D eigenvalue weighted by molar-refractivity contribution is 9.10. The SMILES string of the molecule is Cc1cc([N+](=O)[O-])c(N/N=C(\C#N)C(=N)N)c(Br)c1C. The van der Waals surface area contributed by atoms with Crippen molar-refractivity contribution in [2.45, 2.75) is 13.8 Å². The van der Waals surface area contributed by atoms with E-state index in [1.165, 1.54) is 6.07 Å². The van der Waals surface area contributed by atoms with Gasteiger partial charge in [-0.1, -0.05) is 0 Å². The van der Waals surface area contributed by atoms with Gasteiger partial charge in [0.15, 0.2) is 5.84 Å². The lowest BCUT2D eigenvalue weighted by atomic mass is 10.1. The van der Waals surface area contributed by atoms with E-state index in [0.29, 0.717) is 4.47 Å². The van der Waals surface area contributed by atoms with Gasteiger partial charge in [-0.3, -0.25) is 20.9 Å². The first-order valence-corrected chi connectivity index (χ1v) is 6.11. The lowest BCUT2D eigenvalue weighted by Gasteiger charge is -2.10. The second-order valence-corrected chi connectivity index (χ2v) is 4.67. The number of halogens is 1. The van der Waals surface area contributed by atoms with Crippen LogP contribution in [-0.4, -0.2) is 16.5 Å². The molecule has 0 aliphatic heterocycles. The van der Waals surface area contributed by atoms with Gasteiger partial charge in [-0.15, -0.1) is 0 Å². The van der Waals surface area contributed by atoms with Crippen LogP contribution in [0.1, 0.15) is 11.1 Å². The predicted molar refractivity (Wildman–Crippen MR) is 78.9 cm³/mol. The largest absolute Gasteiger partial charge is 0.382 e. The molecular formula is C11H11BrN6O2. The lowest BCUT2D eigenvalue weighted by Crippen LogP contribution is -2.22. The van der Waals surface area contributed by atoms with Gasteiger partial charge in [-0.2, -0.15) is 10.4 Å². The van der Waals surface area contributed by atoms with Gasteiger partial charge in [-0.05, 0) is 40.9 Å². The average molecular weight is 339 g/mol. The van der Waals surface area contributed by atoms with E-state index in [0.717, 1.165) is 11.1 Å². The topological polar surface area (TPSA) is 141 Å². The molecule has 4 N–H and O–H groups in total. The number of anilines is 1. The second kappa shape index (κ2) is 6.12. The van der Waals surface area contributed by atoms with Crippen molar-refractivity contribution >= 4 is 38.9 Å². The molecule has 1 aromatic rings. The fraction of sp³-hybridized carbons (Fsp3) is 0.182. The minimum Gasteiger partial charge on any atom is -0.382 e. The number of hydrogen-bond acceptors (Lipinski definition) is 6. The van der Waals surface area contributed by atoms with E-state index in [4.69, 9.17) is 16.4 Å². The summed E-state index contributed by atoms with van der Waals surface area (Å²) < 4.78 is 0.466. The van der Waals surface area contributed by atoms with Crippen molar-refractivity contribution < 1.29 is 4.92 Å². The number of nitro groups is 1. The molecule has 0 aliphatic carbocycles. The van der Waals surface area contributed by atoms with Gasteiger partial charge < -0.3 is 5.73 Å². The molecule has 0 bridgehead atoms. The molecule has 0 saturated heterocycles. The molecule has 1 aromatic carbocycles. The van der Waals surface area contributed by atoms with Crippen LogP contribution in [0.15, 0.2) is 15.6 Å². The highest BCUT2D eigenvalue weighted by Crippen LogP contribution is 2.37. The number of hydrazone groups is 1. The number of hydrogen-bond donors (Lipinski definition) is 3. The Morgan fingerprint density at radius 3 is 2.70 bits per heavy atom. The van der Waals surface area contributed by atoms with Crippen LogP contribution in [0.4, 0.5) is 11.4 Å². The summed E-state index contributed by atoms with van der Waals surface area (Å²) in [6, 6.07) is 3.02. The number of aryl methyl sites for hydroxylation is 1. The normalized spacial score (nSPS) is 10.8. The van der Waals surface area contributed by atoms with Crippen molar-refractivity contribution in [3.63, 3.8) is 0 Å². The molecule has 0 atom stereocenters. The molecule has 1 rings (SSSR count). The number of nitrogens with one attached hydrogen (secondary N) is 2. The molecule has 0 radical (unpaired) electrons. The summed E-state index contributed by atoms with van der Waals surface area (Å²) in [5, 5.41) is 30.5. The Morgan fingerprint density at radius 1 is 1.65 bits per heavy atom. The molecule has 0 unspecified atom stereocenters. The minimum atomic E-state index is -0.561. The minimum absolute atomic E-state index is 0.104. The first-order chi connectivity index (χ1) is 9.29. The van der Waals surface area contributed by atoms with Crippen LogP contribution in [0.5, 0.6) is 0 Å². The summed E-state index contributed by atoms with van der Waals surface area (Å²) in [4.78, 5) is 10.5. The lowest BCUT2D eigenvalue weighted by molar-refractivity contribution is -0.384. The summed E-state index contributed by atoms with van der Waals surface area (Å²) in [6.45, 7) is 3.53. The Morgan fingerprint density at radius 2 is 2.25 bits per heavy atom. The van der Waals surface area contributed by atoms with Crippen molar-refractivity contribution in [1.29, 1.82) is 10.7 Å². The molecule has 9 heteroatoms. The Balaban J connectivity index is 3.38. The summed E-state index contributed by atoms with van der Waals surface area (Å²) in [6.07, 6.45) is 0. The number of rotatable bonds is 4. The maximum absolute atomic E-state index is 11.0. The number of nitrogens with two attached hydrogens (primary N) is 1. The van der Waals surface area contributed by atoms with Gasteiger partial charge in [-0.25, -0.2) is 0 Å². The summed E-state index contributed by atoms with van der Waals surface area (Å²) in [5.74, 6) is -0.525. The molecular weight excluding hydrogens is 328 g/mol. The van der Waals surface area contributed by atoms with E-state index >= 15 is 0 Å². The van der Waals surface area contributed by atoms with Crippen molar-refractivity contribution in [2.75, 3.05) is 5.43 Å². The van der Waals surface area contributed by atoms with Crippen LogP contribution in [0.25, 0.3) is 0 Å². The van der Waals surface area contributed by atoms with E-state index in [-0.39, 0.29) is 17.1 Å². The summed E-state index contributed by atoms with van der Waals surface area (Å²) >= 11 is 3.26. The van der Waals surface area contributed by atoms with E-state index in [9.17, 15) is 10.1 Å². The van der Waals surface area contributed by atoms with E-state index in [1.54, 1.807) is 19.9 Å². The van der Waals surface area contributed by atoms with Crippen molar-refractivity contribution in [1.82, 2.24) is 0 Å². The Kier molecular flexibility index (Phi) is 4.77. The van der Waals surface area contributed by atoms with E-state index < -0.39 is 10.8 Å². The van der Waals surface area contributed by atoms with Crippen molar-refractivity contribution in [2.24, 2.45) is 10.8 Å². The van der Waals surface area contributed by atoms with E-state index in [2.05, 4.69) is 26.5 Å². The van der Waals surface area contributed by atoms with Gasteiger partial charge in [0, 0.05) is 6.07 Å². The second-order valence-electron chi connectivity index (χ2n) is 3.88. The zero-order valence-corrected chi connectivity index (χ0v) is 12.3. The number of amidine groups is 1. The van der Waals surface area contributed by atoms with Gasteiger partial charge in [0.25, 0.3) is 5.69 Å². The average Bonchev–Trinajstić information content (AvgIpc) is 2.38. The number of nitro benzene ring substituents is 1. The van der Waals surface area contributed by atoms with Crippen molar-refractivity contribution in [3.05, 3.63) is 31.8 Å². The van der Waals surface area contributed by atoms with Crippen LogP contribution >= 0.6 is 15.9 Å². The van der Waals surface area contributed by atoms with Crippen LogP contribution in [-0.2, 0) is 0 Å². The maximum Gasteiger partial charge on any atom is 0.295 e. The first-order valence-electron chi connectivity index (χ1n) is 5.31. The molecule has 0 fully saturated rings. The maximum atomic E-state index is 11.0. The predicted octanol–water partition coefficient (Wildman–Crippen LogP) is 2.20. The number of nitrogens with zero attached hydrogens (tertiary/aromatic N) is 3. The van der Waals surface area contributed by atoms with Gasteiger partial charge in [0.1, 0.15) is 11.8 Å². The number of nitriles is 1. The smallest absolute Gasteiger partial charge is 0.295 e. The quantitative estimate of drug-likeness (QED) is 0.334. The molecule has 0 amide bonds. The molecule has 0 aliphatic rings. The highest BCUT2D eigenvalue weighted by atomic mass is 79.9. The molecule has 20 heavy (non-hydrogen) atoms. The van der Waals surface area contributed by atoms with Gasteiger partial charge in [0.05, 0.1) is 9.40 Å². The summed E-state index contributed by atoms with van der Waals surface area (Å²) in [7, 11) is 0. The zero-order chi connectivity index (χ0) is 15.4. The molecule has 0 spiro atoms. The van der Waals surface area contributed by atoms with E-state index in [1.807, 2.05) is 0 Å². The molecule has 0 aromatic heterocycles. The molecule has 104 valence electrons. The third-order valence-electron chi connectivity index (χ3n) is 2.59. The highest BCUT2D eigenvalue weighted by Gasteiger charge is 2.20. The third-order valence-corrected chi connectivity index (χ3v) is 3.58. The van der Waals surface area contributed by atoms with Crippen LogP contribution in [0.2, 0.25) is 0 Å². The Bertz CT molecular complexity index is 662. The molecule has 8 nitrogen and oxygen atoms in total. The third kappa shape index (κ3) is 3.10. The fourth-order valence-corrected chi connectivity index (χ4v) is 1.97. The van der Waals surface area contributed by atoms with Crippen LogP contribution in [0.3, 0.4) is 0 Å². The Hall–Kier alpha value is -2.47. The Labute approximate surface area is 123 Å². The standard InChI is InChI=1S/C11H11BrN6O2/c1-5-3-8(18(19)20)10(9(12)6(5)2)17-16-7(4-13)11(14)15/h3,17H,1-2H3,(H3,14,15)/b16-7+. The molecule has 0 saturated carbocycles. The van der Waals surface area contributed by atoms with Gasteiger partial charge >= 0.3 is 0 Å². The van der Waals surface area contributed by atoms with Crippen LogP contribution < -0.4 is 11.2 Å².